The first kappa shape index (κ1) is 23.1. The van der Waals surface area contributed by atoms with Gasteiger partial charge in [0.15, 0.2) is 28.4 Å². The van der Waals surface area contributed by atoms with Gasteiger partial charge < -0.3 is 33.6 Å². The average molecular weight is 490 g/mol. The highest BCUT2D eigenvalue weighted by Gasteiger charge is 2.37. The molecule has 0 radical (unpaired) electrons. The van der Waals surface area contributed by atoms with E-state index in [4.69, 9.17) is 23.4 Å². The second kappa shape index (κ2) is 8.84. The van der Waals surface area contributed by atoms with E-state index < -0.39 is 28.8 Å². The van der Waals surface area contributed by atoms with Crippen molar-refractivity contribution >= 4 is 16.9 Å². The van der Waals surface area contributed by atoms with Gasteiger partial charge in [-0.1, -0.05) is 30.3 Å². The van der Waals surface area contributed by atoms with Crippen molar-refractivity contribution in [1.82, 2.24) is 0 Å². The second-order valence-corrected chi connectivity index (χ2v) is 8.17. The first-order valence-corrected chi connectivity index (χ1v) is 11.0. The van der Waals surface area contributed by atoms with Crippen molar-refractivity contribution in [3.8, 4) is 45.8 Å². The molecule has 36 heavy (non-hydrogen) atoms. The van der Waals surface area contributed by atoms with Crippen LogP contribution in [0.5, 0.6) is 34.5 Å². The van der Waals surface area contributed by atoms with Crippen LogP contribution in [-0.2, 0) is 4.79 Å². The molecule has 0 bridgehead atoms. The van der Waals surface area contributed by atoms with Crippen molar-refractivity contribution in [3.63, 3.8) is 0 Å². The lowest BCUT2D eigenvalue weighted by atomic mass is 9.84. The number of benzene rings is 3. The molecule has 0 amide bonds. The monoisotopic (exact) mass is 490 g/mol. The number of carbonyl (C=O) groups is 1. The lowest BCUT2D eigenvalue weighted by Gasteiger charge is -2.27. The molecule has 2 N–H and O–H groups in total. The zero-order valence-corrected chi connectivity index (χ0v) is 19.7. The van der Waals surface area contributed by atoms with Crippen molar-refractivity contribution in [2.45, 2.75) is 12.3 Å². The summed E-state index contributed by atoms with van der Waals surface area (Å²) >= 11 is 0. The minimum absolute atomic E-state index is 0.00194. The van der Waals surface area contributed by atoms with Gasteiger partial charge in [-0.2, -0.15) is 0 Å². The Balaban J connectivity index is 1.86. The highest BCUT2D eigenvalue weighted by atomic mass is 16.5. The van der Waals surface area contributed by atoms with Gasteiger partial charge in [-0.15, -0.1) is 0 Å². The molecular weight excluding hydrogens is 468 g/mol. The number of carbonyl (C=O) groups excluding carboxylic acids is 1. The van der Waals surface area contributed by atoms with Crippen LogP contribution in [0.3, 0.4) is 0 Å². The SMILES string of the molecule is COc1cc(C2CC(=O)Oc3c(O)c(O)c4c(=O)cc(-c5ccccc5)oc4c32)cc(OC)c1OC. The summed E-state index contributed by atoms with van der Waals surface area (Å²) < 4.78 is 27.8. The molecule has 1 aliphatic rings. The van der Waals surface area contributed by atoms with Crippen LogP contribution in [0, 0.1) is 0 Å². The number of fused-ring (bicyclic) bond motifs is 3. The number of phenols is 2. The molecule has 0 saturated heterocycles. The van der Waals surface area contributed by atoms with Crippen LogP contribution in [0.1, 0.15) is 23.5 Å². The summed E-state index contributed by atoms with van der Waals surface area (Å²) in [7, 11) is 4.41. The molecule has 0 aliphatic carbocycles. The van der Waals surface area contributed by atoms with Crippen LogP contribution in [0.25, 0.3) is 22.3 Å². The lowest BCUT2D eigenvalue weighted by molar-refractivity contribution is -0.135. The zero-order chi connectivity index (χ0) is 25.6. The number of esters is 1. The summed E-state index contributed by atoms with van der Waals surface area (Å²) in [6.07, 6.45) is -0.135. The first-order valence-electron chi connectivity index (χ1n) is 11.0. The van der Waals surface area contributed by atoms with Crippen LogP contribution >= 0.6 is 0 Å². The fourth-order valence-electron chi connectivity index (χ4n) is 4.54. The summed E-state index contributed by atoms with van der Waals surface area (Å²) in [6, 6.07) is 13.5. The molecule has 1 aliphatic heterocycles. The molecule has 0 saturated carbocycles. The number of phenolic OH excluding ortho intramolecular Hbond substituents is 2. The summed E-state index contributed by atoms with van der Waals surface area (Å²) in [5.41, 5.74) is 0.865. The average Bonchev–Trinajstić information content (AvgIpc) is 2.90. The third-order valence-electron chi connectivity index (χ3n) is 6.20. The van der Waals surface area contributed by atoms with E-state index in [-0.39, 0.29) is 34.5 Å². The minimum atomic E-state index is -0.738. The van der Waals surface area contributed by atoms with Crippen LogP contribution in [0.4, 0.5) is 0 Å². The normalized spacial score (nSPS) is 14.8. The van der Waals surface area contributed by atoms with Gasteiger partial charge in [-0.25, -0.2) is 0 Å². The Hall–Kier alpha value is -4.66. The third-order valence-corrected chi connectivity index (χ3v) is 6.20. The topological polar surface area (TPSA) is 125 Å². The Kier molecular flexibility index (Phi) is 5.68. The Morgan fingerprint density at radius 3 is 2.17 bits per heavy atom. The molecule has 2 heterocycles. The van der Waals surface area contributed by atoms with E-state index in [1.54, 1.807) is 36.4 Å². The number of hydrogen-bond acceptors (Lipinski definition) is 9. The van der Waals surface area contributed by atoms with E-state index in [1.165, 1.54) is 27.4 Å². The molecule has 0 spiro atoms. The van der Waals surface area contributed by atoms with Gasteiger partial charge in [-0.3, -0.25) is 9.59 Å². The van der Waals surface area contributed by atoms with Crippen molar-refractivity contribution in [2.24, 2.45) is 0 Å². The summed E-state index contributed by atoms with van der Waals surface area (Å²) in [6.45, 7) is 0. The predicted octanol–water partition coefficient (Wildman–Crippen LogP) is 4.34. The second-order valence-electron chi connectivity index (χ2n) is 8.17. The smallest absolute Gasteiger partial charge is 0.312 e. The van der Waals surface area contributed by atoms with E-state index in [0.717, 1.165) is 0 Å². The summed E-state index contributed by atoms with van der Waals surface area (Å²) in [5, 5.41) is 21.2. The molecular formula is C27H22O9. The van der Waals surface area contributed by atoms with Gasteiger partial charge >= 0.3 is 5.97 Å². The van der Waals surface area contributed by atoms with Crippen molar-refractivity contribution < 1.29 is 38.4 Å². The molecule has 9 nitrogen and oxygen atoms in total. The van der Waals surface area contributed by atoms with Gasteiger partial charge in [-0.05, 0) is 17.7 Å². The number of rotatable bonds is 5. The van der Waals surface area contributed by atoms with E-state index in [1.807, 2.05) is 6.07 Å². The van der Waals surface area contributed by atoms with Crippen molar-refractivity contribution in [3.05, 3.63) is 69.9 Å². The molecule has 3 aromatic carbocycles. The largest absolute Gasteiger partial charge is 0.504 e. The predicted molar refractivity (Wildman–Crippen MR) is 129 cm³/mol. The maximum absolute atomic E-state index is 13.1. The highest BCUT2D eigenvalue weighted by molar-refractivity contribution is 5.96. The molecule has 0 fully saturated rings. The quantitative estimate of drug-likeness (QED) is 0.239. The Morgan fingerprint density at radius 2 is 1.56 bits per heavy atom. The molecule has 1 atom stereocenters. The maximum atomic E-state index is 13.1. The molecule has 1 aromatic heterocycles. The van der Waals surface area contributed by atoms with E-state index in [0.29, 0.717) is 28.4 Å². The fraction of sp³-hybridized carbons (Fsp3) is 0.185. The third kappa shape index (κ3) is 3.56. The Labute approximate surface area is 205 Å². The van der Waals surface area contributed by atoms with Crippen LogP contribution < -0.4 is 24.4 Å². The summed E-state index contributed by atoms with van der Waals surface area (Å²) in [5.74, 6) is -1.78. The van der Waals surface area contributed by atoms with Crippen molar-refractivity contribution in [1.29, 1.82) is 0 Å². The summed E-state index contributed by atoms with van der Waals surface area (Å²) in [4.78, 5) is 25.7. The molecule has 9 heteroatoms. The Morgan fingerprint density at radius 1 is 0.889 bits per heavy atom. The van der Waals surface area contributed by atoms with Gasteiger partial charge in [0, 0.05) is 17.5 Å². The van der Waals surface area contributed by atoms with Gasteiger partial charge in [0.05, 0.1) is 33.3 Å². The van der Waals surface area contributed by atoms with E-state index in [9.17, 15) is 19.8 Å². The van der Waals surface area contributed by atoms with Crippen LogP contribution in [-0.4, -0.2) is 37.5 Å². The number of aromatic hydroxyl groups is 2. The first-order chi connectivity index (χ1) is 17.4. The lowest BCUT2D eigenvalue weighted by Crippen LogP contribution is -2.22. The molecule has 1 unspecified atom stereocenters. The van der Waals surface area contributed by atoms with E-state index >= 15 is 0 Å². The number of methoxy groups -OCH3 is 3. The zero-order valence-electron chi connectivity index (χ0n) is 19.7. The van der Waals surface area contributed by atoms with Crippen LogP contribution in [0.15, 0.2) is 57.7 Å². The fourth-order valence-corrected chi connectivity index (χ4v) is 4.54. The maximum Gasteiger partial charge on any atom is 0.312 e. The van der Waals surface area contributed by atoms with Crippen LogP contribution in [0.2, 0.25) is 0 Å². The van der Waals surface area contributed by atoms with Crippen molar-refractivity contribution in [2.75, 3.05) is 21.3 Å². The minimum Gasteiger partial charge on any atom is -0.504 e. The van der Waals surface area contributed by atoms with Gasteiger partial charge in [0.2, 0.25) is 11.5 Å². The molecule has 184 valence electrons. The van der Waals surface area contributed by atoms with Gasteiger partial charge in [0.25, 0.3) is 0 Å². The number of ether oxygens (including phenoxy) is 4. The standard InChI is InChI=1S/C27H22O9/c1-32-18-9-14(10-19(33-2)25(18)34-3)15-11-20(29)36-27-21(15)26-22(23(30)24(27)31)16(28)12-17(35-26)13-7-5-4-6-8-13/h4-10,12,15,30-31H,11H2,1-3H3. The highest BCUT2D eigenvalue weighted by Crippen LogP contribution is 2.53. The molecule has 4 aromatic rings. The Bertz CT molecular complexity index is 1530. The van der Waals surface area contributed by atoms with Gasteiger partial charge in [0.1, 0.15) is 16.7 Å². The van der Waals surface area contributed by atoms with E-state index in [2.05, 4.69) is 0 Å². The molecule has 5 rings (SSSR count). The number of hydrogen-bond donors (Lipinski definition) is 2.